The number of nitro groups is 2. The van der Waals surface area contributed by atoms with Crippen LogP contribution in [0.5, 0.6) is 0 Å². The number of rotatable bonds is 2. The van der Waals surface area contributed by atoms with Crippen LogP contribution in [0.3, 0.4) is 0 Å². The molecule has 201 valence electrons. The fraction of sp³-hybridized carbons (Fsp3) is 0.222. The fourth-order valence-electron chi connectivity index (χ4n) is 1.37. The van der Waals surface area contributed by atoms with Crippen molar-refractivity contribution < 1.29 is 27.1 Å². The van der Waals surface area contributed by atoms with E-state index in [1.165, 1.54) is 0 Å². The second-order valence-electron chi connectivity index (χ2n) is 5.81. The molecule has 0 bridgehead atoms. The molecule has 4 rings (SSSR count). The van der Waals surface area contributed by atoms with Crippen LogP contribution in [0.2, 0.25) is 0 Å². The average molecular weight is 564 g/mol. The predicted octanol–water partition coefficient (Wildman–Crippen LogP) is 2.71. The van der Waals surface area contributed by atoms with Crippen LogP contribution in [0.25, 0.3) is 10.8 Å². The van der Waals surface area contributed by atoms with Crippen LogP contribution in [0.4, 0.5) is 0 Å². The number of hydrogen-bond acceptors (Lipinski definition) is 8. The van der Waals surface area contributed by atoms with Crippen molar-refractivity contribution in [3.63, 3.8) is 0 Å². The largest absolute Gasteiger partial charge is 2.00 e. The van der Waals surface area contributed by atoms with Gasteiger partial charge in [0.2, 0.25) is 0 Å². The summed E-state index contributed by atoms with van der Waals surface area (Å²) in [6.45, 7) is 7.86. The molecule has 19 heteroatoms. The van der Waals surface area contributed by atoms with Gasteiger partial charge < -0.3 is 30.8 Å². The molecule has 1 radical (unpaired) electrons. The van der Waals surface area contributed by atoms with E-state index in [0.29, 0.717) is 0 Å². The Morgan fingerprint density at radius 2 is 0.865 bits per heavy atom. The molecular formula is C18H24CuN14O4. The van der Waals surface area contributed by atoms with E-state index in [1.54, 1.807) is 50.1 Å². The Balaban J connectivity index is -0.000000373. The summed E-state index contributed by atoms with van der Waals surface area (Å²) in [4.78, 5) is 44.7. The van der Waals surface area contributed by atoms with Gasteiger partial charge in [-0.1, -0.05) is 22.2 Å². The van der Waals surface area contributed by atoms with Gasteiger partial charge in [0, 0.05) is 47.6 Å². The van der Waals surface area contributed by atoms with Crippen molar-refractivity contribution in [2.24, 2.45) is 10.2 Å². The number of aromatic amines is 4. The van der Waals surface area contributed by atoms with Gasteiger partial charge in [-0.25, -0.2) is 19.9 Å². The van der Waals surface area contributed by atoms with Crippen LogP contribution < -0.4 is 0 Å². The molecule has 0 saturated heterocycles. The first-order valence-corrected chi connectivity index (χ1v) is 9.40. The summed E-state index contributed by atoms with van der Waals surface area (Å²) < 4.78 is 0. The average Bonchev–Trinajstić information content (AvgIpc) is 3.62. The van der Waals surface area contributed by atoms with E-state index in [4.69, 9.17) is 31.0 Å². The zero-order chi connectivity index (χ0) is 27.6. The van der Waals surface area contributed by atoms with Gasteiger partial charge in [0.05, 0.1) is 35.4 Å². The molecule has 0 unspecified atom stereocenters. The van der Waals surface area contributed by atoms with Gasteiger partial charge in [-0.3, -0.25) is 20.2 Å². The van der Waals surface area contributed by atoms with Crippen molar-refractivity contribution in [2.45, 2.75) is 27.7 Å². The normalized spacial score (nSPS) is 7.68. The van der Waals surface area contributed by atoms with E-state index >= 15 is 0 Å². The number of hydrogen-bond donors (Lipinski definition) is 4. The van der Waals surface area contributed by atoms with Crippen molar-refractivity contribution in [2.75, 3.05) is 0 Å². The Morgan fingerprint density at radius 3 is 0.892 bits per heavy atom. The van der Waals surface area contributed by atoms with Gasteiger partial charge in [0.25, 0.3) is 0 Å². The molecule has 0 aliphatic rings. The molecule has 4 heterocycles. The smallest absolute Gasteiger partial charge is 0.417 e. The molecular weight excluding hydrogens is 540 g/mol. The number of aromatic nitrogens is 8. The third-order valence-electron chi connectivity index (χ3n) is 2.79. The maximum atomic E-state index is 9.02. The molecule has 4 N–H and O–H groups in total. The van der Waals surface area contributed by atoms with E-state index in [9.17, 15) is 0 Å². The molecule has 0 spiro atoms. The zero-order valence-corrected chi connectivity index (χ0v) is 21.0. The van der Waals surface area contributed by atoms with E-state index in [2.05, 4.69) is 50.1 Å². The van der Waals surface area contributed by atoms with Gasteiger partial charge in [-0.05, 0) is 27.7 Å². The van der Waals surface area contributed by atoms with Gasteiger partial charge in [0.1, 0.15) is 0 Å². The number of hydrazone groups is 2. The van der Waals surface area contributed by atoms with Gasteiger partial charge >= 0.3 is 17.1 Å². The van der Waals surface area contributed by atoms with Crippen molar-refractivity contribution >= 4 is 12.0 Å². The summed E-state index contributed by atoms with van der Waals surface area (Å²) in [6.07, 6.45) is 13.8. The summed E-state index contributed by atoms with van der Waals surface area (Å²) in [5.41, 5.74) is 4.43. The van der Waals surface area contributed by atoms with Crippen LogP contribution in [0.1, 0.15) is 22.8 Å². The molecule has 37 heavy (non-hydrogen) atoms. The second kappa shape index (κ2) is 25.5. The maximum Gasteiger partial charge on any atom is 2.00 e. The third-order valence-corrected chi connectivity index (χ3v) is 2.79. The second-order valence-corrected chi connectivity index (χ2v) is 5.81. The molecule has 0 aromatic carbocycles. The van der Waals surface area contributed by atoms with E-state index < -0.39 is 10.1 Å². The first kappa shape index (κ1) is 36.5. The molecule has 4 aromatic rings. The van der Waals surface area contributed by atoms with Crippen LogP contribution in [-0.4, -0.2) is 62.0 Å². The van der Waals surface area contributed by atoms with Gasteiger partial charge in [0.15, 0.2) is 0 Å². The number of H-pyrrole nitrogens is 4. The minimum Gasteiger partial charge on any atom is -0.417 e. The minimum atomic E-state index is -1.06. The number of nitrogens with zero attached hydrogens (tertiary/aromatic N) is 10. The summed E-state index contributed by atoms with van der Waals surface area (Å²) in [5.74, 6) is 0. The Hall–Kier alpha value is -5.08. The first-order chi connectivity index (χ1) is 17.1. The first-order valence-electron chi connectivity index (χ1n) is 9.40. The Bertz CT molecular complexity index is 977. The molecule has 4 aromatic heterocycles. The summed E-state index contributed by atoms with van der Waals surface area (Å²) in [7, 11) is 0. The van der Waals surface area contributed by atoms with Crippen molar-refractivity contribution in [1.82, 2.24) is 39.9 Å². The maximum absolute atomic E-state index is 9.02. The van der Waals surface area contributed by atoms with E-state index in [1.807, 2.05) is 27.7 Å². The molecule has 0 fully saturated rings. The minimum absolute atomic E-state index is 0. The fourth-order valence-corrected chi connectivity index (χ4v) is 1.37. The molecule has 0 atom stereocenters. The quantitative estimate of drug-likeness (QED) is 0.121. The van der Waals surface area contributed by atoms with Crippen molar-refractivity contribution in [1.29, 1.82) is 0 Å². The third kappa shape index (κ3) is 30.9. The summed E-state index contributed by atoms with van der Waals surface area (Å²) in [5, 5.41) is 35.0. The van der Waals surface area contributed by atoms with E-state index in [-0.39, 0.29) is 17.1 Å². The Labute approximate surface area is 221 Å². The SMILES string of the molecule is Cc1cnc[nH]1.Cc1cnc[nH]1.Cc1cnc[nH]1.Cc1cnc[nH]1.[Cu+2].[N-]=C=N[N+](=O)[O-].[N-]=C=N[N+](=O)[O-]. The monoisotopic (exact) mass is 563 g/mol. The Morgan fingerprint density at radius 1 is 0.649 bits per heavy atom. The van der Waals surface area contributed by atoms with E-state index in [0.717, 1.165) is 34.8 Å². The van der Waals surface area contributed by atoms with Crippen molar-refractivity contribution in [3.8, 4) is 0 Å². The molecule has 0 amide bonds. The number of imidazole rings is 4. The molecule has 18 nitrogen and oxygen atoms in total. The number of aryl methyl sites for hydroxylation is 4. The standard InChI is InChI=1S/4C4H6N2.2CN3O2.Cu/c4*1-4-2-5-3-6-4;2*2-1-3-4(5)6;/h4*2-3H,1H3,(H,5,6);;;/q;;;;2*-1;+2. The molecule has 0 saturated carbocycles. The van der Waals surface area contributed by atoms with Gasteiger partial charge in [-0.2, -0.15) is 0 Å². The van der Waals surface area contributed by atoms with Crippen LogP contribution in [0, 0.1) is 47.9 Å². The summed E-state index contributed by atoms with van der Waals surface area (Å²) >= 11 is 0. The summed E-state index contributed by atoms with van der Waals surface area (Å²) in [6, 6.07) is 1.99. The van der Waals surface area contributed by atoms with Crippen LogP contribution >= 0.6 is 0 Å². The predicted molar refractivity (Wildman–Crippen MR) is 129 cm³/mol. The van der Waals surface area contributed by atoms with Gasteiger partial charge in [-0.15, -0.1) is 0 Å². The number of nitrogens with one attached hydrogen (secondary N) is 4. The molecule has 0 aliphatic carbocycles. The van der Waals surface area contributed by atoms with Crippen molar-refractivity contribution in [3.05, 3.63) is 104 Å². The zero-order valence-electron chi connectivity index (χ0n) is 20.0. The Kier molecular flexibility index (Phi) is 25.2. The topological polar surface area (TPSA) is 270 Å². The van der Waals surface area contributed by atoms with Crippen LogP contribution in [-0.2, 0) is 17.1 Å². The van der Waals surface area contributed by atoms with Crippen LogP contribution in [0.15, 0.2) is 60.3 Å². The molecule has 0 aliphatic heterocycles.